The minimum absolute atomic E-state index is 0.00673. The Kier molecular flexibility index (Phi) is 2.66. The number of hydrogen-bond acceptors (Lipinski definition) is 3. The second-order valence-electron chi connectivity index (χ2n) is 7.39. The maximum atomic E-state index is 12.9. The number of aromatic nitrogens is 1. The number of rotatable bonds is 3. The van der Waals surface area contributed by atoms with Crippen molar-refractivity contribution < 1.29 is 4.79 Å². The minimum atomic E-state index is 0.00673. The summed E-state index contributed by atoms with van der Waals surface area (Å²) in [6, 6.07) is 3.77. The zero-order valence-electron chi connectivity index (χ0n) is 11.8. The predicted molar refractivity (Wildman–Crippen MR) is 78.0 cm³/mol. The molecule has 0 atom stereocenters. The summed E-state index contributed by atoms with van der Waals surface area (Å²) in [5.74, 6) is 3.45. The van der Waals surface area contributed by atoms with Crippen LogP contribution in [0.25, 0.3) is 0 Å². The zero-order valence-corrected chi connectivity index (χ0v) is 11.8. The average Bonchev–Trinajstić information content (AvgIpc) is 2.37. The van der Waals surface area contributed by atoms with Gasteiger partial charge in [-0.25, -0.2) is 4.98 Å². The van der Waals surface area contributed by atoms with Gasteiger partial charge in [0.25, 0.3) is 0 Å². The Morgan fingerprint density at radius 1 is 1.20 bits per heavy atom. The molecule has 0 unspecified atom stereocenters. The normalized spacial score (nSPS) is 38.1. The van der Waals surface area contributed by atoms with E-state index in [1.54, 1.807) is 6.20 Å². The van der Waals surface area contributed by atoms with Gasteiger partial charge in [0.15, 0.2) is 0 Å². The van der Waals surface area contributed by atoms with Gasteiger partial charge in [-0.15, -0.1) is 0 Å². The summed E-state index contributed by atoms with van der Waals surface area (Å²) in [5.41, 5.74) is 6.75. The molecule has 5 rings (SSSR count). The molecule has 0 spiro atoms. The molecule has 4 saturated carbocycles. The van der Waals surface area contributed by atoms with E-state index >= 15 is 0 Å². The van der Waals surface area contributed by atoms with Crippen LogP contribution in [0.5, 0.6) is 0 Å². The van der Waals surface area contributed by atoms with E-state index in [-0.39, 0.29) is 5.41 Å². The first-order valence-corrected chi connectivity index (χ1v) is 7.87. The van der Waals surface area contributed by atoms with Crippen LogP contribution in [0, 0.1) is 23.2 Å². The lowest BCUT2D eigenvalue weighted by atomic mass is 9.48. The monoisotopic (exact) mass is 270 g/mol. The highest BCUT2D eigenvalue weighted by molar-refractivity contribution is 5.87. The fourth-order valence-electron chi connectivity index (χ4n) is 5.43. The fourth-order valence-corrected chi connectivity index (χ4v) is 5.43. The van der Waals surface area contributed by atoms with Gasteiger partial charge >= 0.3 is 0 Å². The molecule has 3 heteroatoms. The van der Waals surface area contributed by atoms with Crippen molar-refractivity contribution in [3.63, 3.8) is 0 Å². The van der Waals surface area contributed by atoms with Crippen molar-refractivity contribution in [2.45, 2.75) is 44.9 Å². The molecule has 2 N–H and O–H groups in total. The van der Waals surface area contributed by atoms with E-state index in [2.05, 4.69) is 4.98 Å². The number of carbonyl (C=O) groups excluding carboxylic acids is 1. The number of nitrogen functional groups attached to an aromatic ring is 1. The molecule has 4 fully saturated rings. The van der Waals surface area contributed by atoms with Gasteiger partial charge in [0.1, 0.15) is 11.6 Å². The van der Waals surface area contributed by atoms with Crippen molar-refractivity contribution in [2.75, 3.05) is 5.73 Å². The molecule has 0 radical (unpaired) electrons. The Balaban J connectivity index is 1.56. The van der Waals surface area contributed by atoms with E-state index < -0.39 is 0 Å². The van der Waals surface area contributed by atoms with Crippen LogP contribution in [0.3, 0.4) is 0 Å². The summed E-state index contributed by atoms with van der Waals surface area (Å²) in [5, 5.41) is 0. The molecule has 0 saturated heterocycles. The molecule has 20 heavy (non-hydrogen) atoms. The van der Waals surface area contributed by atoms with Gasteiger partial charge in [-0.05, 0) is 74.0 Å². The van der Waals surface area contributed by atoms with Crippen LogP contribution in [0.2, 0.25) is 0 Å². The summed E-state index contributed by atoms with van der Waals surface area (Å²) < 4.78 is 0. The largest absolute Gasteiger partial charge is 0.384 e. The van der Waals surface area contributed by atoms with Gasteiger partial charge < -0.3 is 5.73 Å². The summed E-state index contributed by atoms with van der Waals surface area (Å²) in [7, 11) is 0. The van der Waals surface area contributed by atoms with Crippen LogP contribution < -0.4 is 5.73 Å². The number of Topliss-reactive ketones (excluding diaryl/α,β-unsaturated/α-hetero) is 1. The van der Waals surface area contributed by atoms with Crippen LogP contribution in [0.15, 0.2) is 18.3 Å². The Hall–Kier alpha value is -1.38. The van der Waals surface area contributed by atoms with E-state index in [4.69, 9.17) is 5.73 Å². The Bertz CT molecular complexity index is 516. The highest BCUT2D eigenvalue weighted by Crippen LogP contribution is 2.60. The summed E-state index contributed by atoms with van der Waals surface area (Å²) in [6.07, 6.45) is 9.85. The Morgan fingerprint density at radius 2 is 1.80 bits per heavy atom. The third-order valence-electron chi connectivity index (χ3n) is 5.84. The lowest BCUT2D eigenvalue weighted by Crippen LogP contribution is -2.50. The van der Waals surface area contributed by atoms with Crippen molar-refractivity contribution in [2.24, 2.45) is 23.2 Å². The number of nitrogens with zero attached hydrogens (tertiary/aromatic N) is 1. The third-order valence-corrected chi connectivity index (χ3v) is 5.84. The SMILES string of the molecule is Nc1cc(CC(=O)C23CC4CC(CC(C4)C2)C3)ccn1. The van der Waals surface area contributed by atoms with E-state index in [9.17, 15) is 4.79 Å². The lowest BCUT2D eigenvalue weighted by molar-refractivity contribution is -0.143. The van der Waals surface area contributed by atoms with Crippen LogP contribution in [0.4, 0.5) is 5.82 Å². The molecule has 0 amide bonds. The van der Waals surface area contributed by atoms with Crippen LogP contribution >= 0.6 is 0 Å². The van der Waals surface area contributed by atoms with Crippen LogP contribution in [0.1, 0.15) is 44.1 Å². The number of carbonyl (C=O) groups is 1. The second-order valence-corrected chi connectivity index (χ2v) is 7.39. The first-order chi connectivity index (χ1) is 9.63. The Morgan fingerprint density at radius 3 is 2.35 bits per heavy atom. The molecular formula is C17H22N2O. The van der Waals surface area contributed by atoms with E-state index in [1.165, 1.54) is 19.3 Å². The van der Waals surface area contributed by atoms with Gasteiger partial charge in [-0.1, -0.05) is 0 Å². The van der Waals surface area contributed by atoms with Crippen molar-refractivity contribution >= 4 is 11.6 Å². The number of nitrogens with two attached hydrogens (primary N) is 1. The molecule has 3 nitrogen and oxygen atoms in total. The molecule has 4 bridgehead atoms. The maximum Gasteiger partial charge on any atom is 0.143 e. The minimum Gasteiger partial charge on any atom is -0.384 e. The van der Waals surface area contributed by atoms with Gasteiger partial charge in [0.05, 0.1) is 0 Å². The second kappa shape index (κ2) is 4.31. The lowest BCUT2D eigenvalue weighted by Gasteiger charge is -2.56. The van der Waals surface area contributed by atoms with E-state index in [1.807, 2.05) is 12.1 Å². The van der Waals surface area contributed by atoms with Gasteiger partial charge in [0, 0.05) is 18.0 Å². The Labute approximate surface area is 120 Å². The smallest absolute Gasteiger partial charge is 0.143 e. The fraction of sp³-hybridized carbons (Fsp3) is 0.647. The number of anilines is 1. The molecule has 1 aromatic rings. The number of pyridine rings is 1. The molecule has 4 aliphatic rings. The molecule has 1 aromatic heterocycles. The molecule has 0 aromatic carbocycles. The van der Waals surface area contributed by atoms with Crippen LogP contribution in [-0.2, 0) is 11.2 Å². The zero-order chi connectivity index (χ0) is 13.7. The van der Waals surface area contributed by atoms with Gasteiger partial charge in [0.2, 0.25) is 0 Å². The highest BCUT2D eigenvalue weighted by Gasteiger charge is 2.53. The first-order valence-electron chi connectivity index (χ1n) is 7.87. The van der Waals surface area contributed by atoms with Crippen molar-refractivity contribution in [1.82, 2.24) is 4.98 Å². The number of hydrogen-bond donors (Lipinski definition) is 1. The van der Waals surface area contributed by atoms with Gasteiger partial charge in [-0.2, -0.15) is 0 Å². The standard InChI is InChI=1S/C17H22N2O/c18-16-7-11(1-2-19-16)6-15(20)17-8-12-3-13(9-17)5-14(4-12)10-17/h1-2,7,12-14H,3-6,8-10H2,(H2,18,19). The van der Waals surface area contributed by atoms with Crippen molar-refractivity contribution in [3.05, 3.63) is 23.9 Å². The molecule has 1 heterocycles. The summed E-state index contributed by atoms with van der Waals surface area (Å²) in [6.45, 7) is 0. The predicted octanol–water partition coefficient (Wildman–Crippen LogP) is 2.99. The average molecular weight is 270 g/mol. The van der Waals surface area contributed by atoms with Crippen LogP contribution in [-0.4, -0.2) is 10.8 Å². The topological polar surface area (TPSA) is 56.0 Å². The van der Waals surface area contributed by atoms with Gasteiger partial charge in [-0.3, -0.25) is 4.79 Å². The van der Waals surface area contributed by atoms with E-state index in [0.29, 0.717) is 18.0 Å². The highest BCUT2D eigenvalue weighted by atomic mass is 16.1. The molecule has 4 aliphatic carbocycles. The maximum absolute atomic E-state index is 12.9. The molecular weight excluding hydrogens is 248 g/mol. The quantitative estimate of drug-likeness (QED) is 0.918. The third kappa shape index (κ3) is 1.95. The molecule has 106 valence electrons. The summed E-state index contributed by atoms with van der Waals surface area (Å²) >= 11 is 0. The van der Waals surface area contributed by atoms with Crippen molar-refractivity contribution in [1.29, 1.82) is 0 Å². The van der Waals surface area contributed by atoms with Crippen molar-refractivity contribution in [3.8, 4) is 0 Å². The number of ketones is 1. The molecule has 0 aliphatic heterocycles. The first kappa shape index (κ1) is 12.4. The summed E-state index contributed by atoms with van der Waals surface area (Å²) in [4.78, 5) is 16.9. The van der Waals surface area contributed by atoms with E-state index in [0.717, 1.165) is 42.6 Å².